The maximum atomic E-state index is 14.0. The number of H-pyrrole nitrogens is 1. The second kappa shape index (κ2) is 17.1. The third-order valence-corrected chi connectivity index (χ3v) is 9.73. The average molecular weight is 775 g/mol. The number of hydrogen-bond acceptors (Lipinski definition) is 11. The van der Waals surface area contributed by atoms with E-state index >= 15 is 0 Å². The number of nitrogens with one attached hydrogen (secondary N) is 4. The molecule has 0 saturated carbocycles. The lowest BCUT2D eigenvalue weighted by Gasteiger charge is -2.27. The Morgan fingerprint density at radius 1 is 0.804 bits per heavy atom. The fourth-order valence-corrected chi connectivity index (χ4v) is 6.84. The van der Waals surface area contributed by atoms with Gasteiger partial charge in [0.15, 0.2) is 6.10 Å². The lowest BCUT2D eigenvalue weighted by molar-refractivity contribution is -0.125. The van der Waals surface area contributed by atoms with Gasteiger partial charge in [-0.25, -0.2) is 4.98 Å². The van der Waals surface area contributed by atoms with Crippen molar-refractivity contribution in [3.8, 4) is 17.1 Å². The summed E-state index contributed by atoms with van der Waals surface area (Å²) in [4.78, 5) is 45.5. The first-order valence-electron chi connectivity index (χ1n) is 17.4. The Morgan fingerprint density at radius 2 is 1.43 bits per heavy atom. The number of hydrogen-bond donors (Lipinski definition) is 5. The van der Waals surface area contributed by atoms with Crippen LogP contribution in [0.2, 0.25) is 0 Å². The fourth-order valence-electron chi connectivity index (χ4n) is 5.79. The van der Waals surface area contributed by atoms with Crippen molar-refractivity contribution in [3.05, 3.63) is 155 Å². The zero-order valence-corrected chi connectivity index (χ0v) is 31.1. The topological polar surface area (TPSA) is 218 Å². The number of pyridine rings is 1. The Balaban J connectivity index is 1.29. The van der Waals surface area contributed by atoms with Crippen molar-refractivity contribution in [1.29, 1.82) is 0 Å². The van der Waals surface area contributed by atoms with Gasteiger partial charge in [0, 0.05) is 23.4 Å². The van der Waals surface area contributed by atoms with Crippen LogP contribution in [0.5, 0.6) is 5.75 Å². The smallest absolute Gasteiger partial charge is 0.313 e. The van der Waals surface area contributed by atoms with E-state index < -0.39 is 57.0 Å². The summed E-state index contributed by atoms with van der Waals surface area (Å²) >= 11 is 0. The summed E-state index contributed by atoms with van der Waals surface area (Å²) in [6.07, 6.45) is -1.79. The predicted octanol–water partition coefficient (Wildman–Crippen LogP) is 4.18. The molecule has 15 nitrogen and oxygen atoms in total. The average Bonchev–Trinajstić information content (AvgIpc) is 3.73. The van der Waals surface area contributed by atoms with Gasteiger partial charge in [-0.05, 0) is 54.3 Å². The number of carbonyl (C=O) groups is 3. The van der Waals surface area contributed by atoms with Crippen LogP contribution >= 0.6 is 0 Å². The number of aliphatic hydroxyl groups is 1. The van der Waals surface area contributed by atoms with E-state index in [4.69, 9.17) is 4.18 Å². The maximum Gasteiger partial charge on any atom is 0.313 e. The van der Waals surface area contributed by atoms with Crippen molar-refractivity contribution in [3.63, 3.8) is 0 Å². The maximum absolute atomic E-state index is 14.0. The normalized spacial score (nSPS) is 12.6. The third-order valence-electron chi connectivity index (χ3n) is 8.59. The van der Waals surface area contributed by atoms with E-state index in [2.05, 4.69) is 41.6 Å². The minimum atomic E-state index is -4.28. The van der Waals surface area contributed by atoms with Gasteiger partial charge in [0.25, 0.3) is 17.7 Å². The molecule has 16 heteroatoms. The van der Waals surface area contributed by atoms with Crippen molar-refractivity contribution < 1.29 is 32.1 Å². The van der Waals surface area contributed by atoms with Crippen LogP contribution in [0.4, 0.5) is 5.69 Å². The molecule has 0 radical (unpaired) electrons. The predicted molar refractivity (Wildman–Crippen MR) is 207 cm³/mol. The van der Waals surface area contributed by atoms with Gasteiger partial charge in [-0.15, -0.1) is 10.2 Å². The molecular formula is C40H38N8O7S. The number of nitrogens with zero attached hydrogens (tertiary/aromatic N) is 4. The van der Waals surface area contributed by atoms with Gasteiger partial charge in [0.2, 0.25) is 5.82 Å². The minimum absolute atomic E-state index is 0.00429. The van der Waals surface area contributed by atoms with Crippen molar-refractivity contribution in [1.82, 2.24) is 36.2 Å². The van der Waals surface area contributed by atoms with Crippen molar-refractivity contribution >= 4 is 33.5 Å². The molecule has 0 aliphatic heterocycles. The summed E-state index contributed by atoms with van der Waals surface area (Å²) in [5, 5.41) is 33.4. The highest BCUT2D eigenvalue weighted by Crippen LogP contribution is 2.24. The van der Waals surface area contributed by atoms with Gasteiger partial charge in [0.1, 0.15) is 22.9 Å². The second-order valence-electron chi connectivity index (χ2n) is 13.3. The van der Waals surface area contributed by atoms with Crippen molar-refractivity contribution in [2.24, 2.45) is 0 Å². The summed E-state index contributed by atoms with van der Waals surface area (Å²) in [6.45, 7) is 3.56. The molecule has 0 aliphatic rings. The third kappa shape index (κ3) is 10.2. The van der Waals surface area contributed by atoms with Crippen LogP contribution in [-0.4, -0.2) is 69.0 Å². The molecule has 6 rings (SSSR count). The first kappa shape index (κ1) is 38.9. The summed E-state index contributed by atoms with van der Waals surface area (Å²) in [5.74, 6) is -3.01. The van der Waals surface area contributed by atoms with Gasteiger partial charge in [0.05, 0.1) is 11.6 Å². The van der Waals surface area contributed by atoms with E-state index in [9.17, 15) is 27.9 Å². The summed E-state index contributed by atoms with van der Waals surface area (Å²) in [6, 6.07) is 33.9. The highest BCUT2D eigenvalue weighted by molar-refractivity contribution is 7.86. The largest absolute Gasteiger partial charge is 0.382 e. The molecule has 0 spiro atoms. The molecule has 0 bridgehead atoms. The van der Waals surface area contributed by atoms with E-state index in [0.717, 1.165) is 17.7 Å². The molecule has 6 aromatic rings. The lowest BCUT2D eigenvalue weighted by Crippen LogP contribution is -2.50. The Labute approximate surface area is 322 Å². The number of benzene rings is 4. The van der Waals surface area contributed by atoms with Gasteiger partial charge >= 0.3 is 10.1 Å². The quantitative estimate of drug-likeness (QED) is 0.0933. The summed E-state index contributed by atoms with van der Waals surface area (Å²) in [5.41, 5.74) is 1.17. The molecule has 2 aromatic heterocycles. The Hall–Kier alpha value is -6.78. The van der Waals surface area contributed by atoms with Crippen LogP contribution in [0.1, 0.15) is 51.5 Å². The highest BCUT2D eigenvalue weighted by Gasteiger charge is 2.31. The van der Waals surface area contributed by atoms with Crippen LogP contribution in [-0.2, 0) is 32.6 Å². The number of aromatic amines is 1. The first-order chi connectivity index (χ1) is 26.8. The molecule has 4 aromatic carbocycles. The molecule has 0 aliphatic carbocycles. The minimum Gasteiger partial charge on any atom is -0.382 e. The van der Waals surface area contributed by atoms with Crippen LogP contribution in [0.15, 0.2) is 127 Å². The van der Waals surface area contributed by atoms with Crippen molar-refractivity contribution in [2.45, 2.75) is 43.7 Å². The van der Waals surface area contributed by atoms with Crippen molar-refractivity contribution in [2.75, 3.05) is 5.32 Å². The van der Waals surface area contributed by atoms with Gasteiger partial charge in [-0.2, -0.15) is 13.6 Å². The van der Waals surface area contributed by atoms with E-state index in [-0.39, 0.29) is 17.9 Å². The zero-order valence-electron chi connectivity index (χ0n) is 30.3. The zero-order chi connectivity index (χ0) is 39.7. The highest BCUT2D eigenvalue weighted by atomic mass is 32.2. The standard InChI is InChI=1S/C40H38N8O7S/c1-40(2,29-18-10-5-11-19-29)44-38(51)34-24-31(55-56(53,54)25-27-15-8-4-9-16-27)23-33(42-34)37(50)43-32(21-26-13-6-3-7-14-26)35(49)39(52)41-30-20-12-17-28(22-30)36-45-47-48-46-36/h3-20,22-24,32,35,49H,21,25H2,1-2H3,(H,41,52)(H,43,50)(H,44,51)(H,45,46,47,48)/t32-,35-/m0/s1. The fraction of sp³-hybridized carbons (Fsp3) is 0.175. The van der Waals surface area contributed by atoms with E-state index in [1.165, 1.54) is 0 Å². The number of anilines is 1. The molecule has 286 valence electrons. The number of amides is 3. The van der Waals surface area contributed by atoms with E-state index in [1.54, 1.807) is 98.8 Å². The van der Waals surface area contributed by atoms with Gasteiger partial charge < -0.3 is 25.2 Å². The molecule has 0 unspecified atom stereocenters. The van der Waals surface area contributed by atoms with Crippen LogP contribution in [0, 0.1) is 0 Å². The molecule has 3 amide bonds. The van der Waals surface area contributed by atoms with Crippen LogP contribution in [0.3, 0.4) is 0 Å². The Bertz CT molecular complexity index is 2400. The molecule has 56 heavy (non-hydrogen) atoms. The lowest BCUT2D eigenvalue weighted by atomic mass is 9.94. The number of rotatable bonds is 15. The summed E-state index contributed by atoms with van der Waals surface area (Å²) in [7, 11) is -4.28. The number of tetrazole rings is 1. The molecule has 5 N–H and O–H groups in total. The first-order valence-corrected chi connectivity index (χ1v) is 19.0. The molecular weight excluding hydrogens is 737 g/mol. The van der Waals surface area contributed by atoms with Gasteiger partial charge in [-0.1, -0.05) is 103 Å². The van der Waals surface area contributed by atoms with E-state index in [0.29, 0.717) is 28.2 Å². The number of carbonyl (C=O) groups excluding carboxylic acids is 3. The molecule has 0 saturated heterocycles. The Morgan fingerprint density at radius 3 is 2.07 bits per heavy atom. The number of aromatic nitrogens is 5. The monoisotopic (exact) mass is 774 g/mol. The SMILES string of the molecule is CC(C)(NC(=O)c1cc(OS(=O)(=O)Cc2ccccc2)cc(C(=O)N[C@@H](Cc2ccccc2)[C@H](O)C(=O)Nc2cccc(-c3nn[nH]n3)c2)n1)c1ccccc1. The molecule has 2 heterocycles. The second-order valence-corrected chi connectivity index (χ2v) is 14.9. The van der Waals surface area contributed by atoms with Gasteiger partial charge in [-0.3, -0.25) is 14.4 Å². The van der Waals surface area contributed by atoms with Crippen LogP contribution < -0.4 is 20.1 Å². The van der Waals surface area contributed by atoms with E-state index in [1.807, 2.05) is 30.3 Å². The van der Waals surface area contributed by atoms with Crippen LogP contribution in [0.25, 0.3) is 11.4 Å². The molecule has 0 fully saturated rings. The summed E-state index contributed by atoms with van der Waals surface area (Å²) < 4.78 is 31.8. The number of aliphatic hydroxyl groups excluding tert-OH is 1. The molecule has 2 atom stereocenters. The Kier molecular flexibility index (Phi) is 11.9.